The molecule has 0 radical (unpaired) electrons. The van der Waals surface area contributed by atoms with Crippen molar-refractivity contribution in [2.75, 3.05) is 6.61 Å². The van der Waals surface area contributed by atoms with E-state index in [9.17, 15) is 4.39 Å². The zero-order valence-electron chi connectivity index (χ0n) is 8.91. The summed E-state index contributed by atoms with van der Waals surface area (Å²) in [5.74, 6) is -0.315. The van der Waals surface area contributed by atoms with Crippen LogP contribution in [0.4, 0.5) is 4.39 Å². The number of nitrogens with one attached hydrogen (secondary N) is 1. The highest BCUT2D eigenvalue weighted by atomic mass is 19.1. The number of hydrogen-bond acceptors (Lipinski definition) is 3. The van der Waals surface area contributed by atoms with Crippen LogP contribution in [0.2, 0.25) is 0 Å². The summed E-state index contributed by atoms with van der Waals surface area (Å²) in [6.07, 6.45) is 4.50. The molecule has 0 amide bonds. The van der Waals surface area contributed by atoms with Gasteiger partial charge in [-0.3, -0.25) is 4.98 Å². The van der Waals surface area contributed by atoms with Gasteiger partial charge in [0.1, 0.15) is 5.82 Å². The summed E-state index contributed by atoms with van der Waals surface area (Å²) in [4.78, 5) is 3.77. The largest absolute Gasteiger partial charge is 0.396 e. The van der Waals surface area contributed by atoms with E-state index in [4.69, 9.17) is 5.11 Å². The molecular formula is C11H17FN2O. The van der Waals surface area contributed by atoms with Crippen molar-refractivity contribution in [3.8, 4) is 0 Å². The van der Waals surface area contributed by atoms with Crippen LogP contribution in [0.5, 0.6) is 0 Å². The van der Waals surface area contributed by atoms with Crippen molar-refractivity contribution in [1.29, 1.82) is 0 Å². The van der Waals surface area contributed by atoms with Gasteiger partial charge in [-0.1, -0.05) is 6.92 Å². The molecule has 1 aromatic rings. The molecule has 2 N–H and O–H groups in total. The minimum Gasteiger partial charge on any atom is -0.396 e. The van der Waals surface area contributed by atoms with Gasteiger partial charge in [-0.25, -0.2) is 4.39 Å². The van der Waals surface area contributed by atoms with Crippen molar-refractivity contribution in [2.45, 2.75) is 32.4 Å². The number of hydrogen-bond donors (Lipinski definition) is 2. The molecular weight excluding hydrogens is 195 g/mol. The predicted octanol–water partition coefficient (Wildman–Crippen LogP) is 1.47. The van der Waals surface area contributed by atoms with Crippen LogP contribution in [-0.4, -0.2) is 22.7 Å². The van der Waals surface area contributed by atoms with Crippen LogP contribution in [0.1, 0.15) is 25.3 Å². The number of nitrogens with zero attached hydrogens (tertiary/aromatic N) is 1. The highest BCUT2D eigenvalue weighted by Crippen LogP contribution is 2.03. The number of aliphatic hydroxyl groups is 1. The lowest BCUT2D eigenvalue weighted by molar-refractivity contribution is 0.262. The van der Waals surface area contributed by atoms with E-state index >= 15 is 0 Å². The Bertz CT molecular complexity index is 294. The smallest absolute Gasteiger partial charge is 0.141 e. The van der Waals surface area contributed by atoms with E-state index in [1.165, 1.54) is 12.3 Å². The van der Waals surface area contributed by atoms with E-state index in [-0.39, 0.29) is 18.5 Å². The summed E-state index contributed by atoms with van der Waals surface area (Å²) in [6.45, 7) is 2.81. The average molecular weight is 212 g/mol. The first-order chi connectivity index (χ1) is 7.26. The van der Waals surface area contributed by atoms with E-state index < -0.39 is 0 Å². The fraction of sp³-hybridized carbons (Fsp3) is 0.545. The first kappa shape index (κ1) is 12.1. The van der Waals surface area contributed by atoms with Crippen LogP contribution in [0.25, 0.3) is 0 Å². The van der Waals surface area contributed by atoms with Crippen molar-refractivity contribution >= 4 is 0 Å². The summed E-state index contributed by atoms with van der Waals surface area (Å²) in [5, 5.41) is 12.0. The highest BCUT2D eigenvalue weighted by molar-refractivity contribution is 5.09. The Labute approximate surface area is 89.4 Å². The standard InChI is InChI=1S/C11H17FN2O/c1-2-11(3-4-15)14-7-9-5-10(12)8-13-6-9/h5-6,8,11,14-15H,2-4,7H2,1H3. The van der Waals surface area contributed by atoms with Crippen LogP contribution in [0, 0.1) is 5.82 Å². The fourth-order valence-corrected chi connectivity index (χ4v) is 1.42. The van der Waals surface area contributed by atoms with Gasteiger partial charge in [-0.15, -0.1) is 0 Å². The minimum absolute atomic E-state index is 0.174. The highest BCUT2D eigenvalue weighted by Gasteiger charge is 2.04. The Kier molecular flexibility index (Phi) is 5.21. The Hall–Kier alpha value is -1.00. The van der Waals surface area contributed by atoms with Gasteiger partial charge in [0.2, 0.25) is 0 Å². The molecule has 0 saturated carbocycles. The molecule has 1 aromatic heterocycles. The Morgan fingerprint density at radius 1 is 1.53 bits per heavy atom. The average Bonchev–Trinajstić information content (AvgIpc) is 2.24. The molecule has 0 spiro atoms. The summed E-state index contributed by atoms with van der Waals surface area (Å²) in [6, 6.07) is 1.74. The maximum Gasteiger partial charge on any atom is 0.141 e. The van der Waals surface area contributed by atoms with E-state index in [2.05, 4.69) is 17.2 Å². The number of rotatable bonds is 6. The second-order valence-electron chi connectivity index (χ2n) is 3.51. The molecule has 0 saturated heterocycles. The van der Waals surface area contributed by atoms with Gasteiger partial charge in [0.25, 0.3) is 0 Å². The number of aromatic nitrogens is 1. The monoisotopic (exact) mass is 212 g/mol. The van der Waals surface area contributed by atoms with Crippen molar-refractivity contribution in [3.63, 3.8) is 0 Å². The molecule has 0 aliphatic heterocycles. The maximum absolute atomic E-state index is 12.8. The molecule has 0 aliphatic rings. The molecule has 15 heavy (non-hydrogen) atoms. The van der Waals surface area contributed by atoms with Crippen molar-refractivity contribution in [3.05, 3.63) is 29.8 Å². The van der Waals surface area contributed by atoms with Gasteiger partial charge in [-0.05, 0) is 24.5 Å². The quantitative estimate of drug-likeness (QED) is 0.750. The molecule has 0 fully saturated rings. The molecule has 1 unspecified atom stereocenters. The Morgan fingerprint density at radius 3 is 2.93 bits per heavy atom. The fourth-order valence-electron chi connectivity index (χ4n) is 1.42. The van der Waals surface area contributed by atoms with Gasteiger partial charge in [0, 0.05) is 25.4 Å². The number of aliphatic hydroxyl groups excluding tert-OH is 1. The lowest BCUT2D eigenvalue weighted by Crippen LogP contribution is -2.28. The van der Waals surface area contributed by atoms with Gasteiger partial charge in [0.15, 0.2) is 0 Å². The van der Waals surface area contributed by atoms with Gasteiger partial charge in [-0.2, -0.15) is 0 Å². The summed E-state index contributed by atoms with van der Waals surface area (Å²) < 4.78 is 12.8. The van der Waals surface area contributed by atoms with Gasteiger partial charge < -0.3 is 10.4 Å². The van der Waals surface area contributed by atoms with E-state index in [1.807, 2.05) is 0 Å². The van der Waals surface area contributed by atoms with Crippen molar-refractivity contribution in [2.24, 2.45) is 0 Å². The lowest BCUT2D eigenvalue weighted by Gasteiger charge is -2.15. The van der Waals surface area contributed by atoms with E-state index in [0.29, 0.717) is 6.54 Å². The second-order valence-corrected chi connectivity index (χ2v) is 3.51. The van der Waals surface area contributed by atoms with Crippen molar-refractivity contribution < 1.29 is 9.50 Å². The molecule has 1 atom stereocenters. The third kappa shape index (κ3) is 4.36. The molecule has 0 bridgehead atoms. The summed E-state index contributed by atoms with van der Waals surface area (Å²) in [7, 11) is 0. The van der Waals surface area contributed by atoms with E-state index in [1.54, 1.807) is 6.20 Å². The van der Waals surface area contributed by atoms with Crippen LogP contribution in [0.15, 0.2) is 18.5 Å². The zero-order valence-corrected chi connectivity index (χ0v) is 8.91. The normalized spacial score (nSPS) is 12.7. The molecule has 0 aromatic carbocycles. The maximum atomic E-state index is 12.8. The molecule has 84 valence electrons. The number of pyridine rings is 1. The van der Waals surface area contributed by atoms with Crippen LogP contribution < -0.4 is 5.32 Å². The van der Waals surface area contributed by atoms with Crippen molar-refractivity contribution in [1.82, 2.24) is 10.3 Å². The van der Waals surface area contributed by atoms with Gasteiger partial charge in [0.05, 0.1) is 6.20 Å². The topological polar surface area (TPSA) is 45.1 Å². The minimum atomic E-state index is -0.315. The van der Waals surface area contributed by atoms with Crippen LogP contribution >= 0.6 is 0 Å². The first-order valence-corrected chi connectivity index (χ1v) is 5.20. The molecule has 3 nitrogen and oxygen atoms in total. The predicted molar refractivity (Wildman–Crippen MR) is 56.8 cm³/mol. The Balaban J connectivity index is 2.41. The second kappa shape index (κ2) is 6.48. The van der Waals surface area contributed by atoms with Crippen LogP contribution in [0.3, 0.4) is 0 Å². The number of halogens is 1. The summed E-state index contributed by atoms with van der Waals surface area (Å²) >= 11 is 0. The summed E-state index contributed by atoms with van der Waals surface area (Å²) in [5.41, 5.74) is 0.825. The van der Waals surface area contributed by atoms with Crippen LogP contribution in [-0.2, 0) is 6.54 Å². The third-order valence-electron chi connectivity index (χ3n) is 2.33. The Morgan fingerprint density at radius 2 is 2.33 bits per heavy atom. The molecule has 1 heterocycles. The molecule has 1 rings (SSSR count). The SMILES string of the molecule is CCC(CCO)NCc1cncc(F)c1. The third-order valence-corrected chi connectivity index (χ3v) is 2.33. The van der Waals surface area contributed by atoms with E-state index in [0.717, 1.165) is 18.4 Å². The zero-order chi connectivity index (χ0) is 11.1. The molecule has 0 aliphatic carbocycles. The lowest BCUT2D eigenvalue weighted by atomic mass is 10.1. The molecule has 4 heteroatoms. The first-order valence-electron chi connectivity index (χ1n) is 5.20. The van der Waals surface area contributed by atoms with Gasteiger partial charge >= 0.3 is 0 Å².